The fourth-order valence-electron chi connectivity index (χ4n) is 5.49. The summed E-state index contributed by atoms with van der Waals surface area (Å²) in [5.74, 6) is -2.37. The summed E-state index contributed by atoms with van der Waals surface area (Å²) in [5, 5.41) is 2.72. The van der Waals surface area contributed by atoms with E-state index in [0.29, 0.717) is 38.3 Å². The zero-order valence-corrected chi connectivity index (χ0v) is 22.1. The highest BCUT2D eigenvalue weighted by Crippen LogP contribution is 2.51. The smallest absolute Gasteiger partial charge is 0.341 e. The van der Waals surface area contributed by atoms with Gasteiger partial charge in [0.15, 0.2) is 6.10 Å². The molecular formula is C27H22Cl2N2O5S. The molecule has 10 heteroatoms. The minimum absolute atomic E-state index is 0.310. The van der Waals surface area contributed by atoms with Crippen LogP contribution in [0, 0.1) is 5.92 Å². The largest absolute Gasteiger partial charge is 0.465 e. The van der Waals surface area contributed by atoms with Gasteiger partial charge in [0.1, 0.15) is 10.9 Å². The molecule has 3 heterocycles. The maximum absolute atomic E-state index is 14.1. The predicted molar refractivity (Wildman–Crippen MR) is 141 cm³/mol. The highest BCUT2D eigenvalue weighted by Gasteiger charge is 2.61. The first-order valence-corrected chi connectivity index (χ1v) is 13.5. The summed E-state index contributed by atoms with van der Waals surface area (Å²) in [7, 11) is 1.31. The van der Waals surface area contributed by atoms with E-state index in [-0.39, 0.29) is 0 Å². The highest BCUT2D eigenvalue weighted by molar-refractivity contribution is 7.17. The molecule has 0 bridgehead atoms. The molecule has 3 aromatic rings. The molecule has 2 saturated heterocycles. The molecule has 0 saturated carbocycles. The van der Waals surface area contributed by atoms with Crippen LogP contribution in [0.5, 0.6) is 0 Å². The maximum atomic E-state index is 14.1. The first-order chi connectivity index (χ1) is 17.9. The second kappa shape index (κ2) is 9.44. The van der Waals surface area contributed by atoms with Gasteiger partial charge in [0.2, 0.25) is 5.91 Å². The van der Waals surface area contributed by atoms with Gasteiger partial charge < -0.3 is 4.74 Å². The number of rotatable bonds is 4. The zero-order chi connectivity index (χ0) is 25.8. The number of benzene rings is 2. The van der Waals surface area contributed by atoms with Crippen molar-refractivity contribution in [2.75, 3.05) is 17.1 Å². The number of esters is 1. The molecule has 7 nitrogen and oxygen atoms in total. The number of anilines is 2. The summed E-state index contributed by atoms with van der Waals surface area (Å²) < 4.78 is 5.07. The van der Waals surface area contributed by atoms with Gasteiger partial charge in [0, 0.05) is 14.9 Å². The minimum Gasteiger partial charge on any atom is -0.465 e. The van der Waals surface area contributed by atoms with Crippen LogP contribution in [0.15, 0.2) is 48.5 Å². The molecule has 37 heavy (non-hydrogen) atoms. The van der Waals surface area contributed by atoms with Gasteiger partial charge in [0.05, 0.1) is 24.4 Å². The van der Waals surface area contributed by atoms with Crippen molar-refractivity contribution in [1.29, 1.82) is 0 Å². The summed E-state index contributed by atoms with van der Waals surface area (Å²) >= 11 is 14.1. The van der Waals surface area contributed by atoms with Gasteiger partial charge in [-0.1, -0.05) is 47.5 Å². The number of para-hydroxylation sites is 1. The van der Waals surface area contributed by atoms with Crippen LogP contribution in [0.25, 0.3) is 0 Å². The van der Waals surface area contributed by atoms with Gasteiger partial charge in [-0.3, -0.25) is 14.4 Å². The zero-order valence-electron chi connectivity index (χ0n) is 19.8. The van der Waals surface area contributed by atoms with Crippen molar-refractivity contribution in [3.8, 4) is 0 Å². The number of fused-ring (bicyclic) bond motifs is 2. The molecule has 2 aliphatic heterocycles. The average Bonchev–Trinajstić information content (AvgIpc) is 3.54. The maximum Gasteiger partial charge on any atom is 0.341 e. The number of nitrogens with zero attached hydrogens (tertiary/aromatic N) is 2. The van der Waals surface area contributed by atoms with Crippen molar-refractivity contribution < 1.29 is 24.0 Å². The van der Waals surface area contributed by atoms with Crippen LogP contribution in [0.2, 0.25) is 10.0 Å². The molecule has 0 N–H and O–H groups in total. The third-order valence-electron chi connectivity index (χ3n) is 7.15. The lowest BCUT2D eigenvalue weighted by molar-refractivity contribution is -0.126. The van der Waals surface area contributed by atoms with Gasteiger partial charge >= 0.3 is 5.97 Å². The van der Waals surface area contributed by atoms with Crippen LogP contribution in [-0.4, -0.2) is 31.0 Å². The number of halogens is 2. The molecule has 0 unspecified atom stereocenters. The minimum atomic E-state index is -1.07. The summed E-state index contributed by atoms with van der Waals surface area (Å²) in [6, 6.07) is 13.6. The number of carbonyl (C=O) groups excluding carboxylic acids is 3. The van der Waals surface area contributed by atoms with E-state index in [4.69, 9.17) is 32.8 Å². The second-order valence-corrected chi connectivity index (χ2v) is 11.1. The SMILES string of the molecule is COC(=O)c1c(N2C(=O)[C@H]3[C@H](ON(c4ccccc4)[C@H]3c3ccc(Cl)cc3Cl)C2=O)sc2c1CCCC2. The number of aryl methyl sites for hydroxylation is 1. The van der Waals surface area contributed by atoms with Crippen LogP contribution in [0.4, 0.5) is 10.7 Å². The van der Waals surface area contributed by atoms with Crippen LogP contribution in [0.3, 0.4) is 0 Å². The molecule has 3 aliphatic rings. The highest BCUT2D eigenvalue weighted by atomic mass is 35.5. The molecule has 1 aromatic heterocycles. The Morgan fingerprint density at radius 1 is 1.05 bits per heavy atom. The van der Waals surface area contributed by atoms with Crippen LogP contribution >= 0.6 is 34.5 Å². The standard InChI is InChI=1S/C27H22Cl2N2O5S/c1-35-27(34)20-17-9-5-6-10-19(17)37-26(20)30-24(32)21-22(16-12-11-14(28)13-18(16)29)31(36-23(21)25(30)33)15-7-3-2-4-8-15/h2-4,7-8,11-13,21-23H,5-6,9-10H2,1H3/t21-,22+,23+/m1/s1. The Balaban J connectivity index is 1.47. The van der Waals surface area contributed by atoms with Gasteiger partial charge in [-0.05, 0) is 61.1 Å². The molecule has 0 spiro atoms. The summed E-state index contributed by atoms with van der Waals surface area (Å²) in [5.41, 5.74) is 2.48. The molecule has 3 atom stereocenters. The van der Waals surface area contributed by atoms with Gasteiger partial charge in [-0.25, -0.2) is 14.8 Å². The van der Waals surface area contributed by atoms with Gasteiger partial charge in [-0.2, -0.15) is 0 Å². The van der Waals surface area contributed by atoms with Crippen molar-refractivity contribution >= 4 is 63.0 Å². The average molecular weight is 557 g/mol. The van der Waals surface area contributed by atoms with Crippen molar-refractivity contribution in [1.82, 2.24) is 0 Å². The number of thiophene rings is 1. The van der Waals surface area contributed by atoms with Gasteiger partial charge in [0.25, 0.3) is 5.91 Å². The summed E-state index contributed by atoms with van der Waals surface area (Å²) in [6.45, 7) is 0. The Kier molecular flexibility index (Phi) is 6.23. The number of methoxy groups -OCH3 is 1. The Bertz CT molecular complexity index is 1430. The van der Waals surface area contributed by atoms with Crippen LogP contribution in [0.1, 0.15) is 45.2 Å². The molecule has 2 amide bonds. The Labute approximate surface area is 227 Å². The lowest BCUT2D eigenvalue weighted by Crippen LogP contribution is -2.37. The number of hydrogen-bond donors (Lipinski definition) is 0. The van der Waals surface area contributed by atoms with E-state index < -0.39 is 35.8 Å². The van der Waals surface area contributed by atoms with E-state index in [1.54, 1.807) is 23.3 Å². The van der Waals surface area contributed by atoms with E-state index in [9.17, 15) is 14.4 Å². The Hall–Kier alpha value is -2.91. The molecule has 1 aliphatic carbocycles. The molecule has 0 radical (unpaired) electrons. The van der Waals surface area contributed by atoms with E-state index in [1.165, 1.54) is 18.4 Å². The number of imide groups is 1. The van der Waals surface area contributed by atoms with Crippen LogP contribution < -0.4 is 9.96 Å². The third kappa shape index (κ3) is 3.85. The third-order valence-corrected chi connectivity index (χ3v) is 8.99. The van der Waals surface area contributed by atoms with E-state index in [1.807, 2.05) is 30.3 Å². The van der Waals surface area contributed by atoms with Crippen molar-refractivity contribution in [2.24, 2.45) is 5.92 Å². The lowest BCUT2D eigenvalue weighted by Gasteiger charge is -2.29. The lowest BCUT2D eigenvalue weighted by atomic mass is 9.90. The molecule has 2 fully saturated rings. The Morgan fingerprint density at radius 3 is 2.54 bits per heavy atom. The number of hydroxylamine groups is 1. The van der Waals surface area contributed by atoms with Crippen molar-refractivity contribution in [3.63, 3.8) is 0 Å². The molecule has 6 rings (SSSR count). The van der Waals surface area contributed by atoms with Crippen LogP contribution in [-0.2, 0) is 32.0 Å². The first kappa shape index (κ1) is 24.4. The quantitative estimate of drug-likeness (QED) is 0.300. The monoisotopic (exact) mass is 556 g/mol. The first-order valence-electron chi connectivity index (χ1n) is 12.0. The topological polar surface area (TPSA) is 76.2 Å². The van der Waals surface area contributed by atoms with Gasteiger partial charge in [-0.15, -0.1) is 11.3 Å². The number of carbonyl (C=O) groups is 3. The number of ether oxygens (including phenoxy) is 1. The molecular weight excluding hydrogens is 535 g/mol. The van der Waals surface area contributed by atoms with E-state index in [0.717, 1.165) is 34.6 Å². The molecule has 2 aromatic carbocycles. The second-order valence-electron chi connectivity index (χ2n) is 9.22. The van der Waals surface area contributed by atoms with Crippen molar-refractivity contribution in [2.45, 2.75) is 37.8 Å². The normalized spacial score (nSPS) is 22.8. The van der Waals surface area contributed by atoms with Crippen molar-refractivity contribution in [3.05, 3.63) is 80.1 Å². The summed E-state index contributed by atoms with van der Waals surface area (Å²) in [6.07, 6.45) is 2.36. The fraction of sp³-hybridized carbons (Fsp3) is 0.296. The predicted octanol–water partition coefficient (Wildman–Crippen LogP) is 5.77. The molecule has 190 valence electrons. The fourth-order valence-corrected chi connectivity index (χ4v) is 7.40. The summed E-state index contributed by atoms with van der Waals surface area (Å²) in [4.78, 5) is 49.1. The Morgan fingerprint density at radius 2 is 1.81 bits per heavy atom. The number of hydrogen-bond acceptors (Lipinski definition) is 7. The van der Waals surface area contributed by atoms with E-state index >= 15 is 0 Å². The number of amides is 2. The van der Waals surface area contributed by atoms with E-state index in [2.05, 4.69) is 0 Å².